The molecular formula is C14H11FN4O2. The van der Waals surface area contributed by atoms with E-state index in [0.29, 0.717) is 11.3 Å². The van der Waals surface area contributed by atoms with Crippen LogP contribution in [0.2, 0.25) is 0 Å². The summed E-state index contributed by atoms with van der Waals surface area (Å²) < 4.78 is 12.7. The van der Waals surface area contributed by atoms with Crippen molar-refractivity contribution in [2.45, 2.75) is 0 Å². The van der Waals surface area contributed by atoms with Crippen LogP contribution in [-0.4, -0.2) is 23.0 Å². The third-order valence-corrected chi connectivity index (χ3v) is 2.37. The maximum absolute atomic E-state index is 12.7. The van der Waals surface area contributed by atoms with Gasteiger partial charge in [-0.1, -0.05) is 6.07 Å². The van der Waals surface area contributed by atoms with Crippen LogP contribution in [-0.2, 0) is 9.59 Å². The number of aromatic nitrogens is 1. The normalized spacial score (nSPS) is 10.3. The molecule has 2 aromatic rings. The van der Waals surface area contributed by atoms with Crippen molar-refractivity contribution in [3.05, 3.63) is 60.2 Å². The van der Waals surface area contributed by atoms with Gasteiger partial charge >= 0.3 is 11.8 Å². The number of pyridine rings is 1. The predicted molar refractivity (Wildman–Crippen MR) is 75.0 cm³/mol. The van der Waals surface area contributed by atoms with Gasteiger partial charge in [-0.25, -0.2) is 9.82 Å². The van der Waals surface area contributed by atoms with E-state index in [0.717, 1.165) is 0 Å². The topological polar surface area (TPSA) is 83.5 Å². The van der Waals surface area contributed by atoms with Crippen LogP contribution < -0.4 is 10.7 Å². The average Bonchev–Trinajstić information content (AvgIpc) is 2.50. The maximum Gasteiger partial charge on any atom is 0.329 e. The Balaban J connectivity index is 1.87. The number of benzene rings is 1. The predicted octanol–water partition coefficient (Wildman–Crippen LogP) is 1.31. The molecule has 0 saturated carbocycles. The molecule has 7 heteroatoms. The van der Waals surface area contributed by atoms with Gasteiger partial charge in [-0.2, -0.15) is 5.10 Å². The lowest BCUT2D eigenvalue weighted by atomic mass is 10.3. The fourth-order valence-electron chi connectivity index (χ4n) is 1.39. The third kappa shape index (κ3) is 4.50. The molecule has 0 saturated heterocycles. The van der Waals surface area contributed by atoms with Crippen LogP contribution in [0.3, 0.4) is 0 Å². The van der Waals surface area contributed by atoms with Crippen LogP contribution in [0, 0.1) is 5.82 Å². The van der Waals surface area contributed by atoms with Crippen LogP contribution in [0.15, 0.2) is 53.9 Å². The zero-order valence-corrected chi connectivity index (χ0v) is 10.8. The molecule has 0 radical (unpaired) electrons. The number of carbonyl (C=O) groups excluding carboxylic acids is 2. The minimum absolute atomic E-state index is 0.313. The van der Waals surface area contributed by atoms with Crippen molar-refractivity contribution in [3.8, 4) is 0 Å². The molecule has 6 nitrogen and oxygen atoms in total. The molecule has 0 aliphatic carbocycles. The molecule has 1 aromatic heterocycles. The first-order valence-corrected chi connectivity index (χ1v) is 5.95. The second-order valence-corrected chi connectivity index (χ2v) is 3.95. The summed E-state index contributed by atoms with van der Waals surface area (Å²) in [7, 11) is 0. The number of amides is 2. The smallest absolute Gasteiger partial charge is 0.318 e. The number of hydrazone groups is 1. The standard InChI is InChI=1S/C14H11FN4O2/c15-11-3-5-12(6-4-11)18-13(20)14(21)19-17-9-10-2-1-7-16-8-10/h1-9H,(H,18,20)(H,19,21). The number of halogens is 1. The van der Waals surface area contributed by atoms with Crippen LogP contribution >= 0.6 is 0 Å². The van der Waals surface area contributed by atoms with Gasteiger partial charge in [0.2, 0.25) is 0 Å². The van der Waals surface area contributed by atoms with E-state index in [-0.39, 0.29) is 0 Å². The van der Waals surface area contributed by atoms with Gasteiger partial charge in [0, 0.05) is 23.6 Å². The summed E-state index contributed by atoms with van der Waals surface area (Å²) in [5.74, 6) is -2.26. The van der Waals surface area contributed by atoms with Gasteiger partial charge in [0.1, 0.15) is 5.82 Å². The molecule has 0 bridgehead atoms. The van der Waals surface area contributed by atoms with Gasteiger partial charge < -0.3 is 5.32 Å². The Hall–Kier alpha value is -3.09. The molecule has 2 N–H and O–H groups in total. The molecule has 106 valence electrons. The fourth-order valence-corrected chi connectivity index (χ4v) is 1.39. The number of anilines is 1. The van der Waals surface area contributed by atoms with Crippen LogP contribution in [0.25, 0.3) is 0 Å². The first-order valence-electron chi connectivity index (χ1n) is 5.95. The highest BCUT2D eigenvalue weighted by molar-refractivity contribution is 6.39. The molecule has 21 heavy (non-hydrogen) atoms. The summed E-state index contributed by atoms with van der Waals surface area (Å²) in [4.78, 5) is 26.9. The first kappa shape index (κ1) is 14.3. The number of hydrogen-bond donors (Lipinski definition) is 2. The van der Waals surface area contributed by atoms with Crippen molar-refractivity contribution in [1.29, 1.82) is 0 Å². The van der Waals surface area contributed by atoms with E-state index in [4.69, 9.17) is 0 Å². The number of nitrogens with one attached hydrogen (secondary N) is 2. The Kier molecular flexibility index (Phi) is 4.70. The molecule has 0 atom stereocenters. The van der Waals surface area contributed by atoms with Crippen LogP contribution in [0.4, 0.5) is 10.1 Å². The Labute approximate surface area is 119 Å². The highest BCUT2D eigenvalue weighted by atomic mass is 19.1. The summed E-state index contributed by atoms with van der Waals surface area (Å²) in [6.07, 6.45) is 4.51. The Morgan fingerprint density at radius 2 is 1.90 bits per heavy atom. The molecule has 2 rings (SSSR count). The second kappa shape index (κ2) is 6.90. The van der Waals surface area contributed by atoms with E-state index in [1.807, 2.05) is 0 Å². The lowest BCUT2D eigenvalue weighted by Crippen LogP contribution is -2.32. The summed E-state index contributed by atoms with van der Waals surface area (Å²) in [5.41, 5.74) is 3.07. The van der Waals surface area contributed by atoms with Crippen molar-refractivity contribution < 1.29 is 14.0 Å². The van der Waals surface area contributed by atoms with Gasteiger partial charge in [0.25, 0.3) is 0 Å². The summed E-state index contributed by atoms with van der Waals surface area (Å²) in [6.45, 7) is 0. The van der Waals surface area contributed by atoms with Gasteiger partial charge in [0.05, 0.1) is 6.21 Å². The molecule has 0 aliphatic rings. The zero-order valence-electron chi connectivity index (χ0n) is 10.8. The van der Waals surface area contributed by atoms with Gasteiger partial charge in [-0.05, 0) is 30.3 Å². The van der Waals surface area contributed by atoms with Crippen molar-refractivity contribution in [3.63, 3.8) is 0 Å². The highest BCUT2D eigenvalue weighted by Crippen LogP contribution is 2.07. The fraction of sp³-hybridized carbons (Fsp3) is 0. The van der Waals surface area contributed by atoms with Crippen molar-refractivity contribution in [2.75, 3.05) is 5.32 Å². The summed E-state index contributed by atoms with van der Waals surface area (Å²) in [5, 5.41) is 5.95. The van der Waals surface area contributed by atoms with Crippen LogP contribution in [0.1, 0.15) is 5.56 Å². The van der Waals surface area contributed by atoms with Crippen molar-refractivity contribution in [2.24, 2.45) is 5.10 Å². The Morgan fingerprint density at radius 3 is 2.57 bits per heavy atom. The second-order valence-electron chi connectivity index (χ2n) is 3.95. The van der Waals surface area contributed by atoms with Gasteiger partial charge in [-0.15, -0.1) is 0 Å². The van der Waals surface area contributed by atoms with E-state index in [1.54, 1.807) is 24.5 Å². The molecule has 0 aliphatic heterocycles. The largest absolute Gasteiger partial charge is 0.329 e. The average molecular weight is 286 g/mol. The maximum atomic E-state index is 12.7. The number of carbonyl (C=O) groups is 2. The summed E-state index contributed by atoms with van der Waals surface area (Å²) >= 11 is 0. The monoisotopic (exact) mass is 286 g/mol. The lowest BCUT2D eigenvalue weighted by molar-refractivity contribution is -0.136. The highest BCUT2D eigenvalue weighted by Gasteiger charge is 2.12. The molecule has 0 spiro atoms. The summed E-state index contributed by atoms with van der Waals surface area (Å²) in [6, 6.07) is 8.49. The minimum atomic E-state index is -0.931. The van der Waals surface area contributed by atoms with E-state index in [2.05, 4.69) is 20.8 Å². The first-order chi connectivity index (χ1) is 10.1. The Morgan fingerprint density at radius 1 is 1.14 bits per heavy atom. The number of hydrogen-bond acceptors (Lipinski definition) is 4. The quantitative estimate of drug-likeness (QED) is 0.507. The van der Waals surface area contributed by atoms with Crippen LogP contribution in [0.5, 0.6) is 0 Å². The van der Waals surface area contributed by atoms with Crippen molar-refractivity contribution >= 4 is 23.7 Å². The SMILES string of the molecule is O=C(NN=Cc1cccnc1)C(=O)Nc1ccc(F)cc1. The van der Waals surface area contributed by atoms with Gasteiger partial charge in [0.15, 0.2) is 0 Å². The van der Waals surface area contributed by atoms with E-state index in [9.17, 15) is 14.0 Å². The third-order valence-electron chi connectivity index (χ3n) is 2.37. The Bertz CT molecular complexity index is 656. The molecule has 0 fully saturated rings. The molecule has 2 amide bonds. The van der Waals surface area contributed by atoms with Crippen molar-refractivity contribution in [1.82, 2.24) is 10.4 Å². The van der Waals surface area contributed by atoms with E-state index >= 15 is 0 Å². The number of nitrogens with zero attached hydrogens (tertiary/aromatic N) is 2. The van der Waals surface area contributed by atoms with E-state index in [1.165, 1.54) is 30.5 Å². The molecule has 1 heterocycles. The lowest BCUT2D eigenvalue weighted by Gasteiger charge is -2.03. The van der Waals surface area contributed by atoms with Gasteiger partial charge in [-0.3, -0.25) is 14.6 Å². The zero-order chi connectivity index (χ0) is 15.1. The molecule has 0 unspecified atom stereocenters. The number of rotatable bonds is 3. The molecule has 1 aromatic carbocycles. The molecular weight excluding hydrogens is 275 g/mol. The van der Waals surface area contributed by atoms with E-state index < -0.39 is 17.6 Å². The minimum Gasteiger partial charge on any atom is -0.318 e.